The zero-order valence-electron chi connectivity index (χ0n) is 15.4. The highest BCUT2D eigenvalue weighted by Crippen LogP contribution is 2.23. The number of carbonyl (C=O) groups excluding carboxylic acids is 1. The number of hydrogen-bond donors (Lipinski definition) is 1. The Morgan fingerprint density at radius 2 is 1.93 bits per heavy atom. The van der Waals surface area contributed by atoms with Crippen molar-refractivity contribution in [2.24, 2.45) is 0 Å². The number of nitrogens with one attached hydrogen (secondary N) is 1. The lowest BCUT2D eigenvalue weighted by atomic mass is 10.0. The van der Waals surface area contributed by atoms with Crippen molar-refractivity contribution < 1.29 is 14.6 Å². The van der Waals surface area contributed by atoms with Gasteiger partial charge in [0, 0.05) is 23.5 Å². The first kappa shape index (κ1) is 18.6. The second-order valence-electron chi connectivity index (χ2n) is 6.01. The average Bonchev–Trinajstić information content (AvgIpc) is 2.68. The number of benzene rings is 1. The monoisotopic (exact) mass is 364 g/mol. The van der Waals surface area contributed by atoms with Crippen LogP contribution in [0.1, 0.15) is 27.0 Å². The fraction of sp³-hybridized carbons (Fsp3) is 0.200. The summed E-state index contributed by atoms with van der Waals surface area (Å²) < 4.78 is 0. The van der Waals surface area contributed by atoms with Crippen LogP contribution in [0, 0.1) is 13.8 Å². The van der Waals surface area contributed by atoms with Crippen LogP contribution < -0.4 is 5.32 Å². The van der Waals surface area contributed by atoms with Crippen molar-refractivity contribution in [3.05, 3.63) is 71.3 Å². The van der Waals surface area contributed by atoms with Crippen molar-refractivity contribution in [2.75, 3.05) is 12.4 Å². The molecule has 0 saturated carbocycles. The van der Waals surface area contributed by atoms with Crippen molar-refractivity contribution >= 4 is 11.7 Å². The molecule has 0 bridgehead atoms. The van der Waals surface area contributed by atoms with Gasteiger partial charge in [-0.05, 0) is 42.7 Å². The smallest absolute Gasteiger partial charge is 0.257 e. The fourth-order valence-corrected chi connectivity index (χ4v) is 2.61. The van der Waals surface area contributed by atoms with E-state index >= 15 is 0 Å². The van der Waals surface area contributed by atoms with Gasteiger partial charge in [-0.15, -0.1) is 0 Å². The Hall–Kier alpha value is -3.16. The third kappa shape index (κ3) is 4.52. The van der Waals surface area contributed by atoms with Crippen LogP contribution in [0.2, 0.25) is 0 Å². The predicted octanol–water partition coefficient (Wildman–Crippen LogP) is 3.49. The van der Waals surface area contributed by atoms with Gasteiger partial charge in [0.1, 0.15) is 6.61 Å². The summed E-state index contributed by atoms with van der Waals surface area (Å²) >= 11 is 0. The van der Waals surface area contributed by atoms with E-state index in [9.17, 15) is 4.79 Å². The Labute approximate surface area is 157 Å². The largest absolute Gasteiger partial charge is 0.305 e. The number of hydrogen-bond acceptors (Lipinski definition) is 6. The second kappa shape index (κ2) is 8.48. The third-order valence-corrected chi connectivity index (χ3v) is 4.08. The molecule has 0 saturated heterocycles. The molecule has 0 spiro atoms. The van der Waals surface area contributed by atoms with E-state index in [1.807, 2.05) is 32.0 Å². The first-order valence-electron chi connectivity index (χ1n) is 8.38. The molecule has 7 nitrogen and oxygen atoms in total. The maximum atomic E-state index is 12.4. The molecule has 0 atom stereocenters. The van der Waals surface area contributed by atoms with Crippen molar-refractivity contribution in [3.63, 3.8) is 0 Å². The van der Waals surface area contributed by atoms with Crippen LogP contribution in [0.5, 0.6) is 0 Å². The van der Waals surface area contributed by atoms with E-state index in [0.29, 0.717) is 23.7 Å². The molecular weight excluding hydrogens is 344 g/mol. The lowest BCUT2D eigenvalue weighted by Gasteiger charge is -2.10. The van der Waals surface area contributed by atoms with Gasteiger partial charge < -0.3 is 5.32 Å². The molecule has 0 fully saturated rings. The zero-order valence-corrected chi connectivity index (χ0v) is 15.4. The summed E-state index contributed by atoms with van der Waals surface area (Å²) in [5.74, 6) is 0.142. The Morgan fingerprint density at radius 1 is 1.07 bits per heavy atom. The molecule has 7 heteroatoms. The van der Waals surface area contributed by atoms with E-state index < -0.39 is 0 Å². The van der Waals surface area contributed by atoms with E-state index in [2.05, 4.69) is 25.2 Å². The number of aromatic nitrogens is 3. The van der Waals surface area contributed by atoms with E-state index in [-0.39, 0.29) is 5.91 Å². The highest BCUT2D eigenvalue weighted by molar-refractivity contribution is 6.04. The summed E-state index contributed by atoms with van der Waals surface area (Å²) in [6, 6.07) is 7.62. The van der Waals surface area contributed by atoms with Gasteiger partial charge in [-0.2, -0.15) is 0 Å². The van der Waals surface area contributed by atoms with Crippen LogP contribution >= 0.6 is 0 Å². The first-order chi connectivity index (χ1) is 13.1. The molecule has 0 aliphatic heterocycles. The molecule has 2 heterocycles. The molecule has 0 unspecified atom stereocenters. The maximum absolute atomic E-state index is 12.4. The summed E-state index contributed by atoms with van der Waals surface area (Å²) in [7, 11) is 1.47. The molecular formula is C20H20N4O3. The van der Waals surface area contributed by atoms with Crippen LogP contribution in [0.3, 0.4) is 0 Å². The summed E-state index contributed by atoms with van der Waals surface area (Å²) in [4.78, 5) is 34.7. The average molecular weight is 364 g/mol. The molecule has 0 radical (unpaired) electrons. The molecule has 1 amide bonds. The first-order valence-corrected chi connectivity index (χ1v) is 8.38. The zero-order chi connectivity index (χ0) is 19.2. The van der Waals surface area contributed by atoms with Crippen molar-refractivity contribution in [3.8, 4) is 11.3 Å². The summed E-state index contributed by atoms with van der Waals surface area (Å²) in [6.07, 6.45) is 6.41. The minimum absolute atomic E-state index is 0.244. The van der Waals surface area contributed by atoms with E-state index in [1.165, 1.54) is 7.11 Å². The van der Waals surface area contributed by atoms with Crippen LogP contribution in [0.4, 0.5) is 5.82 Å². The van der Waals surface area contributed by atoms with E-state index in [4.69, 9.17) is 4.89 Å². The number of pyridine rings is 1. The summed E-state index contributed by atoms with van der Waals surface area (Å²) in [5.41, 5.74) is 5.04. The number of carbonyl (C=O) groups is 1. The highest BCUT2D eigenvalue weighted by atomic mass is 17.2. The minimum Gasteiger partial charge on any atom is -0.305 e. The number of anilines is 1. The maximum Gasteiger partial charge on any atom is 0.257 e. The van der Waals surface area contributed by atoms with Crippen LogP contribution in [-0.2, 0) is 16.4 Å². The van der Waals surface area contributed by atoms with E-state index in [0.717, 1.165) is 22.3 Å². The highest BCUT2D eigenvalue weighted by Gasteiger charge is 2.11. The van der Waals surface area contributed by atoms with Gasteiger partial charge >= 0.3 is 0 Å². The second-order valence-corrected chi connectivity index (χ2v) is 6.01. The van der Waals surface area contributed by atoms with Crippen LogP contribution in [-0.4, -0.2) is 28.0 Å². The molecule has 27 heavy (non-hydrogen) atoms. The Balaban J connectivity index is 1.77. The topological polar surface area (TPSA) is 86.2 Å². The third-order valence-electron chi connectivity index (χ3n) is 4.08. The number of amides is 1. The summed E-state index contributed by atoms with van der Waals surface area (Å²) in [5, 5.41) is 2.75. The normalized spacial score (nSPS) is 10.6. The molecule has 1 aromatic carbocycles. The van der Waals surface area contributed by atoms with Gasteiger partial charge in [0.2, 0.25) is 0 Å². The van der Waals surface area contributed by atoms with Gasteiger partial charge in [-0.25, -0.2) is 14.8 Å². The quantitative estimate of drug-likeness (QED) is 0.532. The van der Waals surface area contributed by atoms with Crippen molar-refractivity contribution in [1.29, 1.82) is 0 Å². The van der Waals surface area contributed by atoms with Crippen molar-refractivity contribution in [1.82, 2.24) is 15.0 Å². The van der Waals surface area contributed by atoms with Crippen LogP contribution in [0.25, 0.3) is 11.3 Å². The fourth-order valence-electron chi connectivity index (χ4n) is 2.61. The Bertz CT molecular complexity index is 942. The molecule has 0 aliphatic rings. The number of nitrogens with zero attached hydrogens (tertiary/aromatic N) is 3. The predicted molar refractivity (Wildman–Crippen MR) is 101 cm³/mol. The SMILES string of the molecule is COOCc1ccc(C)c(-c2cnc(NC(=O)c3ccncc3C)cn2)c1. The van der Waals surface area contributed by atoms with Gasteiger partial charge in [-0.3, -0.25) is 14.8 Å². The molecule has 2 aromatic heterocycles. The summed E-state index contributed by atoms with van der Waals surface area (Å²) in [6.45, 7) is 4.18. The number of rotatable bonds is 6. The van der Waals surface area contributed by atoms with Gasteiger partial charge in [0.25, 0.3) is 5.91 Å². The molecule has 0 aliphatic carbocycles. The Kier molecular flexibility index (Phi) is 5.85. The lowest BCUT2D eigenvalue weighted by molar-refractivity contribution is -0.282. The van der Waals surface area contributed by atoms with Gasteiger partial charge in [0.15, 0.2) is 5.82 Å². The van der Waals surface area contributed by atoms with Crippen molar-refractivity contribution in [2.45, 2.75) is 20.5 Å². The Morgan fingerprint density at radius 3 is 2.63 bits per heavy atom. The van der Waals surface area contributed by atoms with E-state index in [1.54, 1.807) is 30.9 Å². The van der Waals surface area contributed by atoms with Crippen LogP contribution in [0.15, 0.2) is 49.1 Å². The van der Waals surface area contributed by atoms with Gasteiger partial charge in [0.05, 0.1) is 25.2 Å². The standard InChI is InChI=1S/C20H20N4O3/c1-13-4-5-15(12-27-26-3)8-17(13)18-10-23-19(11-22-18)24-20(25)16-6-7-21-9-14(16)2/h4-11H,12H2,1-3H3,(H,23,24,25). The molecule has 3 aromatic rings. The van der Waals surface area contributed by atoms with Gasteiger partial charge in [-0.1, -0.05) is 12.1 Å². The molecule has 138 valence electrons. The minimum atomic E-state index is -0.244. The number of aryl methyl sites for hydroxylation is 2. The lowest BCUT2D eigenvalue weighted by Crippen LogP contribution is -2.14. The molecule has 1 N–H and O–H groups in total. The molecule has 3 rings (SSSR count).